The molecule has 0 heterocycles. The summed E-state index contributed by atoms with van der Waals surface area (Å²) in [6.07, 6.45) is 0.395. The number of anilines is 1. The molecule has 1 aromatic rings. The van der Waals surface area contributed by atoms with Gasteiger partial charge < -0.3 is 4.90 Å². The van der Waals surface area contributed by atoms with Crippen molar-refractivity contribution in [2.75, 3.05) is 11.9 Å². The SMILES string of the molecule is CCC(=O)N(C)c1ccc(S(=O)(=O)Cl)cc1. The van der Waals surface area contributed by atoms with Crippen molar-refractivity contribution in [3.05, 3.63) is 24.3 Å². The third-order valence-electron chi connectivity index (χ3n) is 2.18. The summed E-state index contributed by atoms with van der Waals surface area (Å²) in [5, 5.41) is 0. The molecule has 0 fully saturated rings. The summed E-state index contributed by atoms with van der Waals surface area (Å²) in [4.78, 5) is 12.9. The van der Waals surface area contributed by atoms with Crippen LogP contribution in [0.5, 0.6) is 0 Å². The maximum absolute atomic E-state index is 11.4. The first kappa shape index (κ1) is 13.0. The van der Waals surface area contributed by atoms with Gasteiger partial charge in [0.2, 0.25) is 5.91 Å². The predicted molar refractivity (Wildman–Crippen MR) is 63.2 cm³/mol. The minimum atomic E-state index is -3.70. The Balaban J connectivity index is 3.00. The van der Waals surface area contributed by atoms with Crippen molar-refractivity contribution in [2.45, 2.75) is 18.2 Å². The standard InChI is InChI=1S/C10H12ClNO3S/c1-3-10(13)12(2)8-4-6-9(7-5-8)16(11,14)15/h4-7H,3H2,1-2H3. The molecule has 16 heavy (non-hydrogen) atoms. The fraction of sp³-hybridized carbons (Fsp3) is 0.300. The summed E-state index contributed by atoms with van der Waals surface area (Å²) in [7, 11) is 3.10. The predicted octanol–water partition coefficient (Wildman–Crippen LogP) is 1.99. The molecule has 0 aliphatic heterocycles. The minimum absolute atomic E-state index is 0.0234. The Kier molecular flexibility index (Phi) is 3.93. The van der Waals surface area contributed by atoms with Gasteiger partial charge in [-0.15, -0.1) is 0 Å². The van der Waals surface area contributed by atoms with E-state index in [0.717, 1.165) is 0 Å². The summed E-state index contributed by atoms with van der Waals surface area (Å²) < 4.78 is 22.0. The molecule has 0 aliphatic rings. The Morgan fingerprint density at radius 2 is 1.81 bits per heavy atom. The normalized spacial score (nSPS) is 11.2. The van der Waals surface area contributed by atoms with Gasteiger partial charge in [0.05, 0.1) is 4.90 Å². The van der Waals surface area contributed by atoms with Gasteiger partial charge in [-0.25, -0.2) is 8.42 Å². The molecule has 0 saturated carbocycles. The quantitative estimate of drug-likeness (QED) is 0.782. The average molecular weight is 262 g/mol. The van der Waals surface area contributed by atoms with Crippen LogP contribution in [0.1, 0.15) is 13.3 Å². The highest BCUT2D eigenvalue weighted by atomic mass is 35.7. The Morgan fingerprint density at radius 1 is 1.31 bits per heavy atom. The van der Waals surface area contributed by atoms with Crippen LogP contribution in [-0.2, 0) is 13.8 Å². The zero-order valence-electron chi connectivity index (χ0n) is 8.97. The van der Waals surface area contributed by atoms with Gasteiger partial charge in [0.1, 0.15) is 0 Å². The van der Waals surface area contributed by atoms with Gasteiger partial charge in [-0.3, -0.25) is 4.79 Å². The highest BCUT2D eigenvalue weighted by Crippen LogP contribution is 2.19. The second kappa shape index (κ2) is 4.84. The number of amides is 1. The molecule has 0 N–H and O–H groups in total. The van der Waals surface area contributed by atoms with Gasteiger partial charge in [-0.1, -0.05) is 6.92 Å². The molecular weight excluding hydrogens is 250 g/mol. The summed E-state index contributed by atoms with van der Waals surface area (Å²) in [5.74, 6) is -0.0403. The van der Waals surface area contributed by atoms with E-state index in [1.165, 1.54) is 17.0 Å². The molecular formula is C10H12ClNO3S. The van der Waals surface area contributed by atoms with Gasteiger partial charge >= 0.3 is 0 Å². The monoisotopic (exact) mass is 261 g/mol. The molecule has 0 atom stereocenters. The third kappa shape index (κ3) is 2.96. The van der Waals surface area contributed by atoms with Crippen molar-refractivity contribution in [3.8, 4) is 0 Å². The van der Waals surface area contributed by atoms with Gasteiger partial charge in [-0.2, -0.15) is 0 Å². The molecule has 0 saturated heterocycles. The van der Waals surface area contributed by atoms with E-state index in [-0.39, 0.29) is 10.8 Å². The van der Waals surface area contributed by atoms with Crippen LogP contribution in [0, 0.1) is 0 Å². The van der Waals surface area contributed by atoms with Gasteiger partial charge in [0, 0.05) is 29.8 Å². The summed E-state index contributed by atoms with van der Waals surface area (Å²) in [6.45, 7) is 1.76. The Labute approximate surface area is 99.2 Å². The van der Waals surface area contributed by atoms with Crippen molar-refractivity contribution in [2.24, 2.45) is 0 Å². The number of nitrogens with zero attached hydrogens (tertiary/aromatic N) is 1. The Hall–Kier alpha value is -1.07. The molecule has 1 amide bonds. The lowest BCUT2D eigenvalue weighted by atomic mass is 10.3. The Bertz CT molecular complexity index is 481. The maximum atomic E-state index is 11.4. The number of carbonyl (C=O) groups is 1. The van der Waals surface area contributed by atoms with Crippen LogP contribution in [0.25, 0.3) is 0 Å². The van der Waals surface area contributed by atoms with Crippen LogP contribution in [0.15, 0.2) is 29.2 Å². The third-order valence-corrected chi connectivity index (χ3v) is 3.55. The molecule has 0 aromatic heterocycles. The Morgan fingerprint density at radius 3 is 2.19 bits per heavy atom. The second-order valence-corrected chi connectivity index (χ2v) is 5.80. The van der Waals surface area contributed by atoms with Gasteiger partial charge in [0.15, 0.2) is 0 Å². The maximum Gasteiger partial charge on any atom is 0.261 e. The zero-order chi connectivity index (χ0) is 12.3. The van der Waals surface area contributed by atoms with Crippen LogP contribution in [0.2, 0.25) is 0 Å². The minimum Gasteiger partial charge on any atom is -0.316 e. The molecule has 0 unspecified atom stereocenters. The molecule has 0 aliphatic carbocycles. The molecule has 0 radical (unpaired) electrons. The highest BCUT2D eigenvalue weighted by molar-refractivity contribution is 8.13. The van der Waals surface area contributed by atoms with Crippen LogP contribution in [0.4, 0.5) is 5.69 Å². The van der Waals surface area contributed by atoms with E-state index in [9.17, 15) is 13.2 Å². The molecule has 1 aromatic carbocycles. The first-order chi connectivity index (χ1) is 7.36. The smallest absolute Gasteiger partial charge is 0.261 e. The van der Waals surface area contributed by atoms with E-state index in [1.807, 2.05) is 0 Å². The number of halogens is 1. The summed E-state index contributed by atoms with van der Waals surface area (Å²) >= 11 is 0. The largest absolute Gasteiger partial charge is 0.316 e. The van der Waals surface area contributed by atoms with E-state index < -0.39 is 9.05 Å². The molecule has 6 heteroatoms. The fourth-order valence-corrected chi connectivity index (χ4v) is 1.98. The summed E-state index contributed by atoms with van der Waals surface area (Å²) in [5.41, 5.74) is 0.635. The average Bonchev–Trinajstić information content (AvgIpc) is 2.26. The first-order valence-corrected chi connectivity index (χ1v) is 6.98. The molecule has 0 spiro atoms. The summed E-state index contributed by atoms with van der Waals surface area (Å²) in [6, 6.07) is 5.83. The van der Waals surface area contributed by atoms with Crippen molar-refractivity contribution >= 4 is 31.3 Å². The van der Waals surface area contributed by atoms with Crippen molar-refractivity contribution in [3.63, 3.8) is 0 Å². The second-order valence-electron chi connectivity index (χ2n) is 3.24. The van der Waals surface area contributed by atoms with Crippen molar-refractivity contribution < 1.29 is 13.2 Å². The first-order valence-electron chi connectivity index (χ1n) is 4.67. The number of rotatable bonds is 3. The van der Waals surface area contributed by atoms with E-state index >= 15 is 0 Å². The molecule has 88 valence electrons. The van der Waals surface area contributed by atoms with E-state index in [1.54, 1.807) is 26.1 Å². The highest BCUT2D eigenvalue weighted by Gasteiger charge is 2.12. The van der Waals surface area contributed by atoms with Crippen molar-refractivity contribution in [1.29, 1.82) is 0 Å². The fourth-order valence-electron chi connectivity index (χ4n) is 1.21. The molecule has 0 bridgehead atoms. The van der Waals surface area contributed by atoms with Gasteiger partial charge in [0.25, 0.3) is 9.05 Å². The van der Waals surface area contributed by atoms with Crippen LogP contribution >= 0.6 is 10.7 Å². The van der Waals surface area contributed by atoms with Crippen LogP contribution < -0.4 is 4.90 Å². The number of hydrogen-bond acceptors (Lipinski definition) is 3. The topological polar surface area (TPSA) is 54.5 Å². The molecule has 1 rings (SSSR count). The van der Waals surface area contributed by atoms with E-state index in [0.29, 0.717) is 12.1 Å². The lowest BCUT2D eigenvalue weighted by Gasteiger charge is -2.16. The number of benzene rings is 1. The zero-order valence-corrected chi connectivity index (χ0v) is 10.5. The number of hydrogen-bond donors (Lipinski definition) is 0. The lowest BCUT2D eigenvalue weighted by Crippen LogP contribution is -2.24. The van der Waals surface area contributed by atoms with Crippen molar-refractivity contribution in [1.82, 2.24) is 0 Å². The van der Waals surface area contributed by atoms with Crippen LogP contribution in [-0.4, -0.2) is 21.4 Å². The van der Waals surface area contributed by atoms with E-state index in [4.69, 9.17) is 10.7 Å². The lowest BCUT2D eigenvalue weighted by molar-refractivity contribution is -0.118. The van der Waals surface area contributed by atoms with E-state index in [2.05, 4.69) is 0 Å². The number of carbonyl (C=O) groups excluding carboxylic acids is 1. The van der Waals surface area contributed by atoms with Crippen LogP contribution in [0.3, 0.4) is 0 Å². The van der Waals surface area contributed by atoms with Gasteiger partial charge in [-0.05, 0) is 24.3 Å². The molecule has 4 nitrogen and oxygen atoms in total.